The average Bonchev–Trinajstić information content (AvgIpc) is 2.17. The molecule has 0 rings (SSSR count). The molecule has 0 amide bonds. The van der Waals surface area contributed by atoms with Gasteiger partial charge in [-0.2, -0.15) is 0 Å². The molecule has 0 unspecified atom stereocenters. The van der Waals surface area contributed by atoms with Crippen molar-refractivity contribution in [3.63, 3.8) is 0 Å². The van der Waals surface area contributed by atoms with E-state index in [1.165, 1.54) is 0 Å². The van der Waals surface area contributed by atoms with Gasteiger partial charge in [0.05, 0.1) is 13.2 Å². The molecule has 0 aliphatic rings. The molecule has 0 aromatic rings. The third-order valence-electron chi connectivity index (χ3n) is 1.47. The van der Waals surface area contributed by atoms with Crippen molar-refractivity contribution < 1.29 is 23.8 Å². The number of hydrogen-bond acceptors (Lipinski definition) is 5. The van der Waals surface area contributed by atoms with Crippen LogP contribution in [0.15, 0.2) is 0 Å². The van der Waals surface area contributed by atoms with E-state index < -0.39 is 36.4 Å². The van der Waals surface area contributed by atoms with Crippen LogP contribution in [0.3, 0.4) is 0 Å². The van der Waals surface area contributed by atoms with Gasteiger partial charge < -0.3 is 14.2 Å². The molecular formula is C12H10O5. The minimum atomic E-state index is -2.40. The normalized spacial score (nSPS) is 12.4. The van der Waals surface area contributed by atoms with Gasteiger partial charge in [0.1, 0.15) is 0 Å². The molecule has 5 heteroatoms. The molecule has 0 heterocycles. The van der Waals surface area contributed by atoms with E-state index in [9.17, 15) is 9.59 Å². The molecule has 0 bridgehead atoms. The minimum Gasteiger partial charge on any atom is -0.389 e. The molecule has 0 aromatic heterocycles. The molecule has 0 fully saturated rings. The lowest BCUT2D eigenvalue weighted by Crippen LogP contribution is -2.44. The van der Waals surface area contributed by atoms with Crippen molar-refractivity contribution in [3.05, 3.63) is 41.5 Å². The molecule has 0 atom stereocenters. The monoisotopic (exact) mass is 234 g/mol. The van der Waals surface area contributed by atoms with E-state index >= 15 is 0 Å². The summed E-state index contributed by atoms with van der Waals surface area (Å²) in [5.41, 5.74) is -4.80. The lowest BCUT2D eigenvalue weighted by molar-refractivity contribution is -0.179. The van der Waals surface area contributed by atoms with Crippen LogP contribution in [0.1, 0.15) is 0 Å². The number of hydrogen-bond donors (Lipinski definition) is 0. The summed E-state index contributed by atoms with van der Waals surface area (Å²) in [6.45, 7) is 29.5. The SMILES string of the molecule is [CH]COC([CH])([CH])C(=O)OC(=O)C([CH])([CH])OC[CH]. The molecule has 0 saturated heterocycles. The highest BCUT2D eigenvalue weighted by molar-refractivity contribution is 5.95. The van der Waals surface area contributed by atoms with Gasteiger partial charge in [0, 0.05) is 27.7 Å². The number of carbonyl (C=O) groups is 2. The Kier molecular flexibility index (Phi) is 5.78. The van der Waals surface area contributed by atoms with E-state index in [1.807, 2.05) is 0 Å². The van der Waals surface area contributed by atoms with Crippen molar-refractivity contribution in [2.24, 2.45) is 0 Å². The van der Waals surface area contributed by atoms with Crippen LogP contribution in [0.25, 0.3) is 0 Å². The summed E-state index contributed by atoms with van der Waals surface area (Å²) in [7, 11) is 0. The van der Waals surface area contributed by atoms with E-state index in [0.29, 0.717) is 0 Å². The van der Waals surface area contributed by atoms with Crippen molar-refractivity contribution in [2.75, 3.05) is 13.2 Å². The molecular weight excluding hydrogens is 224 g/mol. The topological polar surface area (TPSA) is 61.8 Å². The van der Waals surface area contributed by atoms with E-state index in [2.05, 4.69) is 14.2 Å². The highest BCUT2D eigenvalue weighted by atomic mass is 16.6. The zero-order valence-corrected chi connectivity index (χ0v) is 8.92. The van der Waals surface area contributed by atoms with Crippen LogP contribution in [0.5, 0.6) is 0 Å². The first-order chi connectivity index (χ1) is 7.67. The van der Waals surface area contributed by atoms with Gasteiger partial charge >= 0.3 is 11.9 Å². The van der Waals surface area contributed by atoms with Gasteiger partial charge in [0.15, 0.2) is 11.2 Å². The quantitative estimate of drug-likeness (QED) is 0.472. The highest BCUT2D eigenvalue weighted by Crippen LogP contribution is 2.15. The lowest BCUT2D eigenvalue weighted by atomic mass is 10.1. The van der Waals surface area contributed by atoms with E-state index in [0.717, 1.165) is 0 Å². The van der Waals surface area contributed by atoms with Crippen LogP contribution in [0.2, 0.25) is 0 Å². The molecule has 0 spiro atoms. The lowest BCUT2D eigenvalue weighted by Gasteiger charge is -2.25. The Morgan fingerprint density at radius 1 is 0.824 bits per heavy atom. The summed E-state index contributed by atoms with van der Waals surface area (Å²) < 4.78 is 13.0. The van der Waals surface area contributed by atoms with E-state index in [-0.39, 0.29) is 0 Å². The first-order valence-corrected chi connectivity index (χ1v) is 4.27. The highest BCUT2D eigenvalue weighted by Gasteiger charge is 2.38. The van der Waals surface area contributed by atoms with Gasteiger partial charge in [-0.3, -0.25) is 0 Å². The maximum absolute atomic E-state index is 11.2. The summed E-state index contributed by atoms with van der Waals surface area (Å²) in [6, 6.07) is 0. The summed E-state index contributed by atoms with van der Waals surface area (Å²) >= 11 is 0. The molecule has 88 valence electrons. The van der Waals surface area contributed by atoms with Crippen molar-refractivity contribution in [3.8, 4) is 0 Å². The largest absolute Gasteiger partial charge is 0.389 e. The van der Waals surface area contributed by atoms with Gasteiger partial charge in [-0.1, -0.05) is 0 Å². The minimum absolute atomic E-state index is 0.466. The van der Waals surface area contributed by atoms with Gasteiger partial charge in [0.2, 0.25) is 0 Å². The number of carbonyl (C=O) groups excluding carboxylic acids is 2. The Morgan fingerprint density at radius 3 is 1.35 bits per heavy atom. The Morgan fingerprint density at radius 2 is 1.12 bits per heavy atom. The van der Waals surface area contributed by atoms with Crippen molar-refractivity contribution in [1.82, 2.24) is 0 Å². The van der Waals surface area contributed by atoms with Crippen molar-refractivity contribution >= 4 is 11.9 Å². The zero-order chi connectivity index (χ0) is 13.7. The maximum atomic E-state index is 11.2. The maximum Gasteiger partial charge on any atom is 0.346 e. The second-order valence-corrected chi connectivity index (χ2v) is 2.89. The Balaban J connectivity index is 4.54. The molecule has 5 nitrogen and oxygen atoms in total. The van der Waals surface area contributed by atoms with Gasteiger partial charge in [-0.25, -0.2) is 9.59 Å². The fraction of sp³-hybridized carbons (Fsp3) is 0.333. The van der Waals surface area contributed by atoms with Crippen LogP contribution in [0, 0.1) is 41.5 Å². The molecule has 0 saturated carbocycles. The number of rotatable bonds is 6. The van der Waals surface area contributed by atoms with Crippen LogP contribution < -0.4 is 0 Å². The zero-order valence-electron chi connectivity index (χ0n) is 8.92. The van der Waals surface area contributed by atoms with Crippen LogP contribution in [-0.4, -0.2) is 36.4 Å². The second-order valence-electron chi connectivity index (χ2n) is 2.89. The number of esters is 2. The average molecular weight is 234 g/mol. The predicted molar refractivity (Wildman–Crippen MR) is 54.3 cm³/mol. The molecule has 0 N–H and O–H groups in total. The van der Waals surface area contributed by atoms with Gasteiger partial charge in [-0.05, 0) is 13.8 Å². The molecule has 17 heavy (non-hydrogen) atoms. The van der Waals surface area contributed by atoms with E-state index in [4.69, 9.17) is 41.5 Å². The first-order valence-electron chi connectivity index (χ1n) is 4.27. The summed E-state index contributed by atoms with van der Waals surface area (Å²) in [4.78, 5) is 22.5. The van der Waals surface area contributed by atoms with Gasteiger partial charge in [-0.15, -0.1) is 0 Å². The Bertz CT molecular complexity index is 253. The van der Waals surface area contributed by atoms with Gasteiger partial charge in [0.25, 0.3) is 0 Å². The standard InChI is InChI=1S/C12H10O5/c1-7-15-11(3,4)9(13)17-10(14)12(5,6)16-8-2/h1-6H,7-8H2. The fourth-order valence-electron chi connectivity index (χ4n) is 0.637. The third kappa shape index (κ3) is 4.83. The molecule has 12 radical (unpaired) electrons. The number of ether oxygens (including phenoxy) is 3. The first kappa shape index (κ1) is 16.1. The van der Waals surface area contributed by atoms with Crippen molar-refractivity contribution in [2.45, 2.75) is 11.2 Å². The smallest absolute Gasteiger partial charge is 0.346 e. The fourth-order valence-corrected chi connectivity index (χ4v) is 0.637. The summed E-state index contributed by atoms with van der Waals surface area (Å²) in [5.74, 6) is -2.87. The molecule has 0 aromatic carbocycles. The van der Waals surface area contributed by atoms with Crippen LogP contribution >= 0.6 is 0 Å². The Labute approximate surface area is 102 Å². The second kappa shape index (κ2) is 6.12. The van der Waals surface area contributed by atoms with Crippen molar-refractivity contribution in [1.29, 1.82) is 0 Å². The molecule has 0 aliphatic heterocycles. The third-order valence-corrected chi connectivity index (χ3v) is 1.47. The van der Waals surface area contributed by atoms with E-state index in [1.54, 1.807) is 0 Å². The molecule has 0 aliphatic carbocycles. The summed E-state index contributed by atoms with van der Waals surface area (Å²) in [6.07, 6.45) is 0. The predicted octanol–water partition coefficient (Wildman–Crippen LogP) is -0.166. The van der Waals surface area contributed by atoms with Crippen LogP contribution in [0.4, 0.5) is 0 Å². The Hall–Kier alpha value is -0.940. The summed E-state index contributed by atoms with van der Waals surface area (Å²) in [5, 5.41) is 0. The van der Waals surface area contributed by atoms with Crippen LogP contribution in [-0.2, 0) is 23.8 Å².